The molecule has 1 aromatic heterocycles. The average molecular weight is 290 g/mol. The zero-order valence-corrected chi connectivity index (χ0v) is 11.7. The van der Waals surface area contributed by atoms with Crippen molar-refractivity contribution in [3.05, 3.63) is 71.9 Å². The second-order valence-corrected chi connectivity index (χ2v) is 4.81. The van der Waals surface area contributed by atoms with Gasteiger partial charge in [-0.25, -0.2) is 9.78 Å². The number of rotatable bonds is 3. The molecule has 0 aliphatic rings. The van der Waals surface area contributed by atoms with Crippen LogP contribution in [-0.2, 0) is 0 Å². The lowest BCUT2D eigenvalue weighted by atomic mass is 10.1. The summed E-state index contributed by atoms with van der Waals surface area (Å²) in [6, 6.07) is 19.1. The first-order chi connectivity index (χ1) is 10.7. The topological polar surface area (TPSA) is 62.2 Å². The third kappa shape index (κ3) is 3.30. The van der Waals surface area contributed by atoms with Crippen molar-refractivity contribution in [2.75, 3.05) is 5.32 Å². The number of hydrogen-bond donors (Lipinski definition) is 2. The van der Waals surface area contributed by atoms with Crippen LogP contribution in [-0.4, -0.2) is 16.2 Å². The highest BCUT2D eigenvalue weighted by Gasteiger charge is 1.97. The average Bonchev–Trinajstić information content (AvgIpc) is 2.53. The number of benzene rings is 2. The summed E-state index contributed by atoms with van der Waals surface area (Å²) in [5.74, 6) is 0. The van der Waals surface area contributed by atoms with Gasteiger partial charge in [-0.3, -0.25) is 5.32 Å². The molecule has 0 aliphatic heterocycles. The van der Waals surface area contributed by atoms with E-state index in [0.717, 1.165) is 22.2 Å². The molecule has 0 radical (unpaired) electrons. The van der Waals surface area contributed by atoms with Crippen LogP contribution in [0.1, 0.15) is 11.3 Å². The van der Waals surface area contributed by atoms with E-state index in [1.807, 2.05) is 60.7 Å². The molecule has 22 heavy (non-hydrogen) atoms. The molecule has 0 fully saturated rings. The SMILES string of the molecule is O=C(O)Nc1ccc(/C=C/c2ccc3ccccc3n2)cc1. The number of para-hydroxylation sites is 1. The lowest BCUT2D eigenvalue weighted by Gasteiger charge is -2.01. The molecule has 2 aromatic carbocycles. The van der Waals surface area contributed by atoms with Crippen LogP contribution in [0.3, 0.4) is 0 Å². The summed E-state index contributed by atoms with van der Waals surface area (Å²) in [5.41, 5.74) is 3.37. The van der Waals surface area contributed by atoms with Crippen LogP contribution < -0.4 is 5.32 Å². The van der Waals surface area contributed by atoms with E-state index < -0.39 is 6.09 Å². The predicted molar refractivity (Wildman–Crippen MR) is 88.8 cm³/mol. The van der Waals surface area contributed by atoms with Crippen LogP contribution in [0.4, 0.5) is 10.5 Å². The maximum atomic E-state index is 10.5. The van der Waals surface area contributed by atoms with Crippen molar-refractivity contribution in [1.29, 1.82) is 0 Å². The number of nitrogens with one attached hydrogen (secondary N) is 1. The first-order valence-corrected chi connectivity index (χ1v) is 6.85. The van der Waals surface area contributed by atoms with Gasteiger partial charge in [0.15, 0.2) is 0 Å². The first kappa shape index (κ1) is 13.8. The van der Waals surface area contributed by atoms with E-state index in [4.69, 9.17) is 5.11 Å². The zero-order chi connectivity index (χ0) is 15.4. The molecule has 3 rings (SSSR count). The molecular weight excluding hydrogens is 276 g/mol. The van der Waals surface area contributed by atoms with Crippen molar-refractivity contribution in [1.82, 2.24) is 4.98 Å². The van der Waals surface area contributed by atoms with Gasteiger partial charge in [0.25, 0.3) is 0 Å². The summed E-state index contributed by atoms with van der Waals surface area (Å²) in [4.78, 5) is 15.1. The van der Waals surface area contributed by atoms with Gasteiger partial charge in [0, 0.05) is 11.1 Å². The van der Waals surface area contributed by atoms with E-state index in [2.05, 4.69) is 10.3 Å². The minimum absolute atomic E-state index is 0.550. The maximum Gasteiger partial charge on any atom is 0.409 e. The van der Waals surface area contributed by atoms with Crippen LogP contribution in [0.5, 0.6) is 0 Å². The number of aromatic nitrogens is 1. The van der Waals surface area contributed by atoms with Crippen molar-refractivity contribution in [2.45, 2.75) is 0 Å². The first-order valence-electron chi connectivity index (χ1n) is 6.85. The second kappa shape index (κ2) is 6.10. The largest absolute Gasteiger partial charge is 0.465 e. The molecule has 4 nitrogen and oxygen atoms in total. The van der Waals surface area contributed by atoms with Gasteiger partial charge in [-0.2, -0.15) is 0 Å². The van der Waals surface area contributed by atoms with Crippen LogP contribution in [0, 0.1) is 0 Å². The van der Waals surface area contributed by atoms with Gasteiger partial charge >= 0.3 is 6.09 Å². The Morgan fingerprint density at radius 2 is 1.73 bits per heavy atom. The molecule has 0 unspecified atom stereocenters. The molecule has 0 spiro atoms. The molecule has 0 atom stereocenters. The van der Waals surface area contributed by atoms with E-state index >= 15 is 0 Å². The highest BCUT2D eigenvalue weighted by molar-refractivity contribution is 5.83. The van der Waals surface area contributed by atoms with Crippen LogP contribution in [0.15, 0.2) is 60.7 Å². The molecule has 4 heteroatoms. The third-order valence-corrected chi connectivity index (χ3v) is 3.23. The number of anilines is 1. The van der Waals surface area contributed by atoms with Gasteiger partial charge in [-0.05, 0) is 35.9 Å². The summed E-state index contributed by atoms with van der Waals surface area (Å²) in [5, 5.41) is 12.1. The smallest absolute Gasteiger partial charge is 0.409 e. The Bertz CT molecular complexity index is 839. The van der Waals surface area contributed by atoms with E-state index in [1.165, 1.54) is 0 Å². The molecule has 0 saturated carbocycles. The van der Waals surface area contributed by atoms with Crippen LogP contribution in [0.2, 0.25) is 0 Å². The Labute approximate surface area is 127 Å². The molecule has 0 aliphatic carbocycles. The Balaban J connectivity index is 1.78. The standard InChI is InChI=1S/C18H14N2O2/c21-18(22)20-16-10-6-13(7-11-16)5-9-15-12-8-14-3-1-2-4-17(14)19-15/h1-12,20H,(H,21,22)/b9-5+. The van der Waals surface area contributed by atoms with Crippen molar-refractivity contribution >= 4 is 34.8 Å². The fourth-order valence-corrected chi connectivity index (χ4v) is 2.16. The molecule has 1 amide bonds. The summed E-state index contributed by atoms with van der Waals surface area (Å²) in [6.45, 7) is 0. The summed E-state index contributed by atoms with van der Waals surface area (Å²) < 4.78 is 0. The highest BCUT2D eigenvalue weighted by atomic mass is 16.4. The van der Waals surface area contributed by atoms with Gasteiger partial charge in [0.05, 0.1) is 11.2 Å². The quantitative estimate of drug-likeness (QED) is 0.746. The fourth-order valence-electron chi connectivity index (χ4n) is 2.16. The number of nitrogens with zero attached hydrogens (tertiary/aromatic N) is 1. The maximum absolute atomic E-state index is 10.5. The van der Waals surface area contributed by atoms with Crippen molar-refractivity contribution < 1.29 is 9.90 Å². The van der Waals surface area contributed by atoms with Gasteiger partial charge in [0.2, 0.25) is 0 Å². The number of pyridine rings is 1. The minimum Gasteiger partial charge on any atom is -0.465 e. The van der Waals surface area contributed by atoms with Crippen molar-refractivity contribution in [2.24, 2.45) is 0 Å². The van der Waals surface area contributed by atoms with Crippen LogP contribution in [0.25, 0.3) is 23.1 Å². The van der Waals surface area contributed by atoms with Gasteiger partial charge in [-0.1, -0.05) is 42.5 Å². The summed E-state index contributed by atoms with van der Waals surface area (Å²) >= 11 is 0. The number of carboxylic acid groups (broad SMARTS) is 1. The number of carbonyl (C=O) groups is 1. The summed E-state index contributed by atoms with van der Waals surface area (Å²) in [7, 11) is 0. The highest BCUT2D eigenvalue weighted by Crippen LogP contribution is 2.15. The van der Waals surface area contributed by atoms with Crippen molar-refractivity contribution in [3.63, 3.8) is 0 Å². The number of fused-ring (bicyclic) bond motifs is 1. The minimum atomic E-state index is -1.07. The molecular formula is C18H14N2O2. The van der Waals surface area contributed by atoms with Gasteiger partial charge < -0.3 is 5.11 Å². The zero-order valence-electron chi connectivity index (χ0n) is 11.7. The van der Waals surface area contributed by atoms with Gasteiger partial charge in [-0.15, -0.1) is 0 Å². The fraction of sp³-hybridized carbons (Fsp3) is 0. The van der Waals surface area contributed by atoms with Gasteiger partial charge in [0.1, 0.15) is 0 Å². The summed E-state index contributed by atoms with van der Waals surface area (Å²) in [6.07, 6.45) is 2.82. The molecule has 108 valence electrons. The molecule has 3 aromatic rings. The second-order valence-electron chi connectivity index (χ2n) is 4.81. The van der Waals surface area contributed by atoms with E-state index in [0.29, 0.717) is 5.69 Å². The Morgan fingerprint density at radius 1 is 0.955 bits per heavy atom. The van der Waals surface area contributed by atoms with E-state index in [-0.39, 0.29) is 0 Å². The Kier molecular flexibility index (Phi) is 3.83. The molecule has 1 heterocycles. The third-order valence-electron chi connectivity index (χ3n) is 3.23. The number of amides is 1. The Morgan fingerprint density at radius 3 is 2.50 bits per heavy atom. The molecule has 0 saturated heterocycles. The molecule has 0 bridgehead atoms. The number of hydrogen-bond acceptors (Lipinski definition) is 2. The monoisotopic (exact) mass is 290 g/mol. The van der Waals surface area contributed by atoms with E-state index in [1.54, 1.807) is 12.1 Å². The van der Waals surface area contributed by atoms with Crippen molar-refractivity contribution in [3.8, 4) is 0 Å². The predicted octanol–water partition coefficient (Wildman–Crippen LogP) is 4.50. The molecule has 2 N–H and O–H groups in total. The normalized spacial score (nSPS) is 10.9. The Hall–Kier alpha value is -3.14. The van der Waals surface area contributed by atoms with Crippen LogP contribution >= 0.6 is 0 Å². The lowest BCUT2D eigenvalue weighted by molar-refractivity contribution is 0.210. The van der Waals surface area contributed by atoms with E-state index in [9.17, 15) is 4.79 Å². The lowest BCUT2D eigenvalue weighted by Crippen LogP contribution is -2.06.